The number of anilines is 1. The van der Waals surface area contributed by atoms with Crippen LogP contribution in [0.2, 0.25) is 0 Å². The molecule has 2 nitrogen and oxygen atoms in total. The molecule has 0 radical (unpaired) electrons. The van der Waals surface area contributed by atoms with Crippen molar-refractivity contribution >= 4 is 21.7 Å². The first-order valence-electron chi connectivity index (χ1n) is 6.57. The fourth-order valence-corrected chi connectivity index (χ4v) is 3.47. The zero-order valence-corrected chi connectivity index (χ0v) is 12.0. The van der Waals surface area contributed by atoms with Gasteiger partial charge in [-0.3, -0.25) is 0 Å². The summed E-state index contributed by atoms with van der Waals surface area (Å²) < 4.78 is 1.11. The monoisotopic (exact) mass is 294 g/mol. The van der Waals surface area contributed by atoms with Crippen molar-refractivity contribution in [2.45, 2.75) is 39.0 Å². The number of aryl methyl sites for hydroxylation is 1. The van der Waals surface area contributed by atoms with Gasteiger partial charge in [0, 0.05) is 23.0 Å². The minimum Gasteiger partial charge on any atom is -0.355 e. The van der Waals surface area contributed by atoms with E-state index in [-0.39, 0.29) is 0 Å². The first kappa shape index (κ1) is 11.5. The van der Waals surface area contributed by atoms with E-state index < -0.39 is 0 Å². The van der Waals surface area contributed by atoms with E-state index in [1.165, 1.54) is 45.2 Å². The highest BCUT2D eigenvalue weighted by molar-refractivity contribution is 9.10. The van der Waals surface area contributed by atoms with Gasteiger partial charge >= 0.3 is 0 Å². The fourth-order valence-electron chi connectivity index (χ4n) is 3.25. The van der Waals surface area contributed by atoms with E-state index in [4.69, 9.17) is 0 Å². The smallest absolute Gasteiger partial charge is 0.128 e. The van der Waals surface area contributed by atoms with Crippen molar-refractivity contribution in [2.24, 2.45) is 5.41 Å². The number of hydrogen-bond acceptors (Lipinski definition) is 2. The van der Waals surface area contributed by atoms with Crippen molar-refractivity contribution in [3.8, 4) is 0 Å². The summed E-state index contributed by atoms with van der Waals surface area (Å²) in [5, 5.41) is 0. The Morgan fingerprint density at radius 1 is 1.18 bits per heavy atom. The minimum atomic E-state index is 0.640. The summed E-state index contributed by atoms with van der Waals surface area (Å²) in [6.45, 7) is 4.51. The van der Waals surface area contributed by atoms with Crippen LogP contribution in [0.3, 0.4) is 0 Å². The van der Waals surface area contributed by atoms with Gasteiger partial charge in [0.15, 0.2) is 0 Å². The van der Waals surface area contributed by atoms with Crippen molar-refractivity contribution in [3.05, 3.63) is 22.3 Å². The van der Waals surface area contributed by atoms with Gasteiger partial charge in [0.05, 0.1) is 5.69 Å². The van der Waals surface area contributed by atoms with Gasteiger partial charge in [-0.05, 0) is 47.8 Å². The van der Waals surface area contributed by atoms with Crippen LogP contribution < -0.4 is 4.90 Å². The van der Waals surface area contributed by atoms with Gasteiger partial charge < -0.3 is 4.90 Å². The summed E-state index contributed by atoms with van der Waals surface area (Å²) in [4.78, 5) is 7.09. The summed E-state index contributed by atoms with van der Waals surface area (Å²) >= 11 is 3.51. The second-order valence-corrected chi connectivity index (χ2v) is 6.51. The molecule has 2 heterocycles. The molecule has 1 aliphatic carbocycles. The average Bonchev–Trinajstić information content (AvgIpc) is 2.31. The number of aromatic nitrogens is 1. The molecule has 3 heteroatoms. The molecule has 1 aromatic heterocycles. The molecule has 92 valence electrons. The van der Waals surface area contributed by atoms with Gasteiger partial charge in [-0.1, -0.05) is 19.3 Å². The molecule has 1 aromatic rings. The predicted octanol–water partition coefficient (Wildman–Crippen LogP) is 3.92. The number of rotatable bonds is 1. The van der Waals surface area contributed by atoms with E-state index in [0.717, 1.165) is 16.0 Å². The van der Waals surface area contributed by atoms with Crippen LogP contribution in [0.25, 0.3) is 0 Å². The number of pyridine rings is 1. The normalized spacial score (nSPS) is 22.6. The largest absolute Gasteiger partial charge is 0.355 e. The standard InChI is InChI=1S/C14H19BrN2/c1-11-12(15)5-6-13(16-11)17-9-14(10-17)7-3-2-4-8-14/h5-6H,2-4,7-10H2,1H3. The lowest BCUT2D eigenvalue weighted by atomic mass is 9.68. The van der Waals surface area contributed by atoms with E-state index >= 15 is 0 Å². The molecule has 2 aliphatic rings. The molecule has 0 atom stereocenters. The van der Waals surface area contributed by atoms with Crippen LogP contribution in [0.1, 0.15) is 37.8 Å². The van der Waals surface area contributed by atoms with Crippen molar-refractivity contribution < 1.29 is 0 Å². The van der Waals surface area contributed by atoms with Crippen molar-refractivity contribution in [3.63, 3.8) is 0 Å². The van der Waals surface area contributed by atoms with Crippen molar-refractivity contribution in [1.82, 2.24) is 4.98 Å². The third-order valence-corrected chi connectivity index (χ3v) is 5.14. The highest BCUT2D eigenvalue weighted by atomic mass is 79.9. The minimum absolute atomic E-state index is 0.640. The fraction of sp³-hybridized carbons (Fsp3) is 0.643. The number of hydrogen-bond donors (Lipinski definition) is 0. The van der Waals surface area contributed by atoms with Gasteiger partial charge in [-0.25, -0.2) is 4.98 Å². The van der Waals surface area contributed by atoms with E-state index in [1.54, 1.807) is 0 Å². The molecule has 0 N–H and O–H groups in total. The molecule has 17 heavy (non-hydrogen) atoms. The summed E-state index contributed by atoms with van der Waals surface area (Å²) in [5.41, 5.74) is 1.73. The summed E-state index contributed by atoms with van der Waals surface area (Å²) in [5.74, 6) is 1.15. The Hall–Kier alpha value is -0.570. The molecular formula is C14H19BrN2. The lowest BCUT2D eigenvalue weighted by Gasteiger charge is -2.53. The van der Waals surface area contributed by atoms with Gasteiger partial charge in [0.25, 0.3) is 0 Å². The second-order valence-electron chi connectivity index (χ2n) is 5.65. The van der Waals surface area contributed by atoms with E-state index in [1.807, 2.05) is 0 Å². The Kier molecular flexibility index (Phi) is 2.89. The predicted molar refractivity (Wildman–Crippen MR) is 74.4 cm³/mol. The maximum absolute atomic E-state index is 4.65. The van der Waals surface area contributed by atoms with Gasteiger partial charge in [0.2, 0.25) is 0 Å². The van der Waals surface area contributed by atoms with Gasteiger partial charge in [-0.2, -0.15) is 0 Å². The molecule has 1 saturated carbocycles. The van der Waals surface area contributed by atoms with Crippen LogP contribution in [-0.4, -0.2) is 18.1 Å². The van der Waals surface area contributed by atoms with Crippen LogP contribution in [0.5, 0.6) is 0 Å². The summed E-state index contributed by atoms with van der Waals surface area (Å²) in [6.07, 6.45) is 7.16. The third-order valence-electron chi connectivity index (χ3n) is 4.30. The highest BCUT2D eigenvalue weighted by Crippen LogP contribution is 2.45. The lowest BCUT2D eigenvalue weighted by Crippen LogP contribution is -2.57. The van der Waals surface area contributed by atoms with Crippen LogP contribution in [0.4, 0.5) is 5.82 Å². The quantitative estimate of drug-likeness (QED) is 0.780. The van der Waals surface area contributed by atoms with Gasteiger partial charge in [0.1, 0.15) is 5.82 Å². The Bertz CT molecular complexity index is 416. The van der Waals surface area contributed by atoms with E-state index in [9.17, 15) is 0 Å². The Morgan fingerprint density at radius 3 is 2.53 bits per heavy atom. The molecule has 1 aliphatic heterocycles. The van der Waals surface area contributed by atoms with E-state index in [2.05, 4.69) is 44.9 Å². The second kappa shape index (κ2) is 4.27. The molecule has 0 amide bonds. The molecule has 3 rings (SSSR count). The average molecular weight is 295 g/mol. The first-order valence-corrected chi connectivity index (χ1v) is 7.36. The maximum Gasteiger partial charge on any atom is 0.128 e. The van der Waals surface area contributed by atoms with Crippen LogP contribution in [-0.2, 0) is 0 Å². The topological polar surface area (TPSA) is 16.1 Å². The Balaban J connectivity index is 1.70. The molecule has 0 bridgehead atoms. The molecule has 1 spiro atoms. The van der Waals surface area contributed by atoms with Gasteiger partial charge in [-0.15, -0.1) is 0 Å². The van der Waals surface area contributed by atoms with Crippen LogP contribution >= 0.6 is 15.9 Å². The molecule has 2 fully saturated rings. The summed E-state index contributed by atoms with van der Waals surface area (Å²) in [6, 6.07) is 4.25. The molecule has 0 aromatic carbocycles. The lowest BCUT2D eigenvalue weighted by molar-refractivity contribution is 0.138. The third kappa shape index (κ3) is 2.10. The zero-order chi connectivity index (χ0) is 11.9. The maximum atomic E-state index is 4.65. The SMILES string of the molecule is Cc1nc(N2CC3(CCCCC3)C2)ccc1Br. The summed E-state index contributed by atoms with van der Waals surface area (Å²) in [7, 11) is 0. The van der Waals surface area contributed by atoms with Crippen LogP contribution in [0, 0.1) is 12.3 Å². The molecule has 0 unspecified atom stereocenters. The number of nitrogens with zero attached hydrogens (tertiary/aromatic N) is 2. The number of halogens is 1. The Morgan fingerprint density at radius 2 is 1.88 bits per heavy atom. The Labute approximate surface area is 112 Å². The molecule has 1 saturated heterocycles. The zero-order valence-electron chi connectivity index (χ0n) is 10.4. The first-order chi connectivity index (χ1) is 8.19. The highest BCUT2D eigenvalue weighted by Gasteiger charge is 2.43. The molecular weight excluding hydrogens is 276 g/mol. The van der Waals surface area contributed by atoms with Crippen LogP contribution in [0.15, 0.2) is 16.6 Å². The van der Waals surface area contributed by atoms with E-state index in [0.29, 0.717) is 5.41 Å². The van der Waals surface area contributed by atoms with Crippen molar-refractivity contribution in [2.75, 3.05) is 18.0 Å². The van der Waals surface area contributed by atoms with Crippen molar-refractivity contribution in [1.29, 1.82) is 0 Å².